The van der Waals surface area contributed by atoms with Crippen LogP contribution in [0.25, 0.3) is 0 Å². The van der Waals surface area contributed by atoms with Crippen molar-refractivity contribution in [3.05, 3.63) is 34.9 Å². The van der Waals surface area contributed by atoms with Gasteiger partial charge in [-0.2, -0.15) is 0 Å². The van der Waals surface area contributed by atoms with Crippen molar-refractivity contribution in [2.45, 2.75) is 39.2 Å². The second kappa shape index (κ2) is 3.65. The van der Waals surface area contributed by atoms with Crippen LogP contribution in [0.3, 0.4) is 0 Å². The van der Waals surface area contributed by atoms with Gasteiger partial charge in [-0.25, -0.2) is 0 Å². The van der Waals surface area contributed by atoms with Crippen molar-refractivity contribution in [1.82, 2.24) is 4.81 Å². The molecule has 0 spiro atoms. The summed E-state index contributed by atoms with van der Waals surface area (Å²) in [5.74, 6) is 0.156. The van der Waals surface area contributed by atoms with Crippen LogP contribution in [0.5, 0.6) is 0 Å². The Morgan fingerprint density at radius 1 is 1.44 bits per heavy atom. The molecule has 1 aromatic carbocycles. The van der Waals surface area contributed by atoms with E-state index in [2.05, 4.69) is 26.8 Å². The van der Waals surface area contributed by atoms with Gasteiger partial charge in [0.15, 0.2) is 0 Å². The zero-order valence-corrected chi connectivity index (χ0v) is 10.5. The molecule has 0 aromatic heterocycles. The van der Waals surface area contributed by atoms with Crippen LogP contribution in [0.2, 0.25) is 0 Å². The Morgan fingerprint density at radius 3 is 2.75 bits per heavy atom. The third-order valence-electron chi connectivity index (χ3n) is 3.76. The number of rotatable bonds is 2. The van der Waals surface area contributed by atoms with Gasteiger partial charge >= 0.3 is 0 Å². The van der Waals surface area contributed by atoms with Crippen LogP contribution in [-0.4, -0.2) is 18.7 Å². The summed E-state index contributed by atoms with van der Waals surface area (Å²) in [7, 11) is 1.87. The van der Waals surface area contributed by atoms with Gasteiger partial charge in [0.2, 0.25) is 13.9 Å². The lowest BCUT2D eigenvalue weighted by Crippen LogP contribution is -2.20. The second-order valence-corrected chi connectivity index (χ2v) is 5.23. The molecule has 1 aromatic rings. The Kier molecular flexibility index (Phi) is 2.57. The van der Waals surface area contributed by atoms with Crippen LogP contribution in [0.1, 0.15) is 48.7 Å². The molecule has 0 N–H and O–H groups in total. The first-order chi connectivity index (χ1) is 7.47. The molecule has 16 heavy (non-hydrogen) atoms. The van der Waals surface area contributed by atoms with E-state index < -0.39 is 0 Å². The van der Waals surface area contributed by atoms with Crippen molar-refractivity contribution >= 4 is 13.9 Å². The zero-order chi connectivity index (χ0) is 11.9. The number of hydrogen-bond donors (Lipinski definition) is 0. The highest BCUT2D eigenvalue weighted by Gasteiger charge is 2.30. The van der Waals surface area contributed by atoms with E-state index in [9.17, 15) is 4.79 Å². The molecule has 0 fully saturated rings. The molecule has 0 unspecified atom stereocenters. The minimum Gasteiger partial charge on any atom is -0.386 e. The van der Waals surface area contributed by atoms with E-state index in [0.717, 1.165) is 18.5 Å². The second-order valence-electron chi connectivity index (χ2n) is 5.23. The zero-order valence-electron chi connectivity index (χ0n) is 10.5. The number of fused-ring (bicyclic) bond motifs is 1. The minimum absolute atomic E-state index is 0.150. The number of hydrogen-bond acceptors (Lipinski definition) is 1. The molecule has 0 radical (unpaired) electrons. The fourth-order valence-corrected chi connectivity index (χ4v) is 2.30. The summed E-state index contributed by atoms with van der Waals surface area (Å²) in [5, 5.41) is 0. The lowest BCUT2D eigenvalue weighted by Gasteiger charge is -2.26. The molecule has 3 heteroatoms. The van der Waals surface area contributed by atoms with Gasteiger partial charge in [0.1, 0.15) is 0 Å². The summed E-state index contributed by atoms with van der Waals surface area (Å²) in [6, 6.07) is 6.10. The molecule has 0 saturated carbocycles. The topological polar surface area (TPSA) is 20.3 Å². The quantitative estimate of drug-likeness (QED) is 0.689. The minimum atomic E-state index is 0.150. The monoisotopic (exact) mass is 215 g/mol. The summed E-state index contributed by atoms with van der Waals surface area (Å²) in [6.45, 7) is 7.43. The van der Waals surface area contributed by atoms with E-state index in [-0.39, 0.29) is 11.3 Å². The number of nitrogens with zero attached hydrogens (tertiary/aromatic N) is 1. The normalized spacial score (nSPS) is 15.4. The molecule has 0 bridgehead atoms. The Bertz CT molecular complexity index is 440. The smallest absolute Gasteiger partial charge is 0.241 e. The average molecular weight is 215 g/mol. The number of carbonyl (C=O) groups is 1. The Labute approximate surface area is 98.1 Å². The van der Waals surface area contributed by atoms with Crippen LogP contribution < -0.4 is 0 Å². The van der Waals surface area contributed by atoms with E-state index in [1.54, 1.807) is 4.81 Å². The van der Waals surface area contributed by atoms with Gasteiger partial charge in [-0.1, -0.05) is 32.9 Å². The molecule has 84 valence electrons. The molecule has 0 atom stereocenters. The summed E-state index contributed by atoms with van der Waals surface area (Å²) in [6.07, 6.45) is 1.08. The van der Waals surface area contributed by atoms with E-state index in [1.807, 2.05) is 20.1 Å². The number of benzene rings is 1. The highest BCUT2D eigenvalue weighted by molar-refractivity contribution is 6.20. The van der Waals surface area contributed by atoms with Crippen molar-refractivity contribution in [2.24, 2.45) is 0 Å². The molecular formula is C13H18BNO. The maximum Gasteiger partial charge on any atom is 0.241 e. The van der Waals surface area contributed by atoms with Gasteiger partial charge in [-0.3, -0.25) is 4.79 Å². The van der Waals surface area contributed by atoms with Crippen LogP contribution in [-0.2, 0) is 12.0 Å². The SMILES string of the molecule is BN1Cc2c(cccc2C(C)(C)CC)C1=O. The van der Waals surface area contributed by atoms with Gasteiger partial charge in [-0.05, 0) is 29.0 Å². The van der Waals surface area contributed by atoms with Gasteiger partial charge in [0.05, 0.1) is 0 Å². The van der Waals surface area contributed by atoms with Gasteiger partial charge in [0, 0.05) is 12.1 Å². The maximum atomic E-state index is 11.9. The first kappa shape index (κ1) is 11.2. The average Bonchev–Trinajstić information content (AvgIpc) is 2.55. The standard InChI is InChI=1S/C13H18BNO/c1-4-13(2,3)11-7-5-6-9-10(11)8-15(14)12(9)16/h5-7H,4,8,14H2,1-3H3. The molecule has 0 aliphatic carbocycles. The van der Waals surface area contributed by atoms with E-state index in [0.29, 0.717) is 0 Å². The molecule has 1 aliphatic rings. The Hall–Kier alpha value is -1.25. The van der Waals surface area contributed by atoms with Crippen LogP contribution in [0, 0.1) is 0 Å². The number of carbonyl (C=O) groups excluding carboxylic acids is 1. The van der Waals surface area contributed by atoms with Crippen LogP contribution in [0.4, 0.5) is 0 Å². The summed E-state index contributed by atoms with van der Waals surface area (Å²) in [5.41, 5.74) is 3.59. The summed E-state index contributed by atoms with van der Waals surface area (Å²) < 4.78 is 0. The van der Waals surface area contributed by atoms with Crippen LogP contribution in [0.15, 0.2) is 18.2 Å². The van der Waals surface area contributed by atoms with Crippen molar-refractivity contribution in [3.63, 3.8) is 0 Å². The molecule has 1 amide bonds. The molecule has 1 aliphatic heterocycles. The summed E-state index contributed by atoms with van der Waals surface area (Å²) in [4.78, 5) is 13.7. The third kappa shape index (κ3) is 1.55. The fourth-order valence-electron chi connectivity index (χ4n) is 2.30. The first-order valence-corrected chi connectivity index (χ1v) is 5.85. The highest BCUT2D eigenvalue weighted by Crippen LogP contribution is 2.34. The van der Waals surface area contributed by atoms with E-state index in [4.69, 9.17) is 0 Å². The predicted octanol–water partition coefficient (Wildman–Crippen LogP) is 1.88. The van der Waals surface area contributed by atoms with Crippen molar-refractivity contribution in [1.29, 1.82) is 0 Å². The molecule has 2 nitrogen and oxygen atoms in total. The van der Waals surface area contributed by atoms with Crippen molar-refractivity contribution in [2.75, 3.05) is 0 Å². The lowest BCUT2D eigenvalue weighted by molar-refractivity contribution is 0.0880. The van der Waals surface area contributed by atoms with E-state index in [1.165, 1.54) is 11.1 Å². The number of amides is 1. The molecule has 2 rings (SSSR count). The maximum absolute atomic E-state index is 11.9. The largest absolute Gasteiger partial charge is 0.386 e. The molecule has 1 heterocycles. The Morgan fingerprint density at radius 2 is 2.12 bits per heavy atom. The Balaban J connectivity index is 2.56. The van der Waals surface area contributed by atoms with Crippen molar-refractivity contribution < 1.29 is 4.79 Å². The van der Waals surface area contributed by atoms with E-state index >= 15 is 0 Å². The molecular weight excluding hydrogens is 197 g/mol. The van der Waals surface area contributed by atoms with Crippen molar-refractivity contribution in [3.8, 4) is 0 Å². The first-order valence-electron chi connectivity index (χ1n) is 5.85. The predicted molar refractivity (Wildman–Crippen MR) is 68.2 cm³/mol. The van der Waals surface area contributed by atoms with Gasteiger partial charge in [-0.15, -0.1) is 0 Å². The third-order valence-corrected chi connectivity index (χ3v) is 3.76. The fraction of sp³-hybridized carbons (Fsp3) is 0.462. The van der Waals surface area contributed by atoms with Crippen LogP contribution >= 0.6 is 0 Å². The molecule has 0 saturated heterocycles. The van der Waals surface area contributed by atoms with Gasteiger partial charge in [0.25, 0.3) is 0 Å². The highest BCUT2D eigenvalue weighted by atomic mass is 16.2. The summed E-state index contributed by atoms with van der Waals surface area (Å²) >= 11 is 0. The van der Waals surface area contributed by atoms with Gasteiger partial charge < -0.3 is 4.81 Å². The lowest BCUT2D eigenvalue weighted by atomic mass is 9.79.